The summed E-state index contributed by atoms with van der Waals surface area (Å²) in [6, 6.07) is 0. The van der Waals surface area contributed by atoms with Crippen LogP contribution >= 0.6 is 0 Å². The van der Waals surface area contributed by atoms with E-state index in [9.17, 15) is 19.7 Å². The molecule has 0 aromatic carbocycles. The van der Waals surface area contributed by atoms with Gasteiger partial charge in [0.05, 0.1) is 14.2 Å². The van der Waals surface area contributed by atoms with Crippen molar-refractivity contribution in [3.63, 3.8) is 0 Å². The van der Waals surface area contributed by atoms with E-state index in [0.717, 1.165) is 14.2 Å². The molecule has 0 aliphatic carbocycles. The van der Waals surface area contributed by atoms with Crippen molar-refractivity contribution in [2.45, 2.75) is 20.3 Å². The van der Waals surface area contributed by atoms with Crippen molar-refractivity contribution in [3.8, 4) is 0 Å². The van der Waals surface area contributed by atoms with E-state index in [1.807, 2.05) is 13.8 Å². The maximum atomic E-state index is 11.6. The van der Waals surface area contributed by atoms with Gasteiger partial charge in [-0.1, -0.05) is 13.8 Å². The van der Waals surface area contributed by atoms with Crippen LogP contribution in [0.5, 0.6) is 0 Å². The molecule has 18 heavy (non-hydrogen) atoms. The lowest BCUT2D eigenvalue weighted by atomic mass is 9.85. The molecule has 0 bridgehead atoms. The Bertz CT molecular complexity index is 299. The predicted octanol–water partition coefficient (Wildman–Crippen LogP) is 0.888. The van der Waals surface area contributed by atoms with E-state index in [-0.39, 0.29) is 5.92 Å². The van der Waals surface area contributed by atoms with Gasteiger partial charge in [-0.25, -0.2) is 0 Å². The zero-order chi connectivity index (χ0) is 14.3. The van der Waals surface area contributed by atoms with Crippen molar-refractivity contribution < 1.29 is 24.0 Å². The first kappa shape index (κ1) is 16.3. The minimum Gasteiger partial charge on any atom is -0.468 e. The fourth-order valence-electron chi connectivity index (χ4n) is 1.85. The van der Waals surface area contributed by atoms with Gasteiger partial charge in [0, 0.05) is 10.8 Å². The molecule has 7 heteroatoms. The summed E-state index contributed by atoms with van der Waals surface area (Å²) in [4.78, 5) is 33.2. The van der Waals surface area contributed by atoms with E-state index in [4.69, 9.17) is 0 Å². The third kappa shape index (κ3) is 5.11. The van der Waals surface area contributed by atoms with Gasteiger partial charge in [-0.3, -0.25) is 19.7 Å². The number of methoxy groups -OCH3 is 2. The molecule has 0 aromatic rings. The van der Waals surface area contributed by atoms with Gasteiger partial charge < -0.3 is 9.47 Å². The lowest BCUT2D eigenvalue weighted by Crippen LogP contribution is -2.37. The van der Waals surface area contributed by atoms with Crippen LogP contribution in [0.4, 0.5) is 0 Å². The molecule has 0 aromatic heterocycles. The molecule has 1 unspecified atom stereocenters. The number of hydrogen-bond acceptors (Lipinski definition) is 6. The normalized spacial score (nSPS) is 12.3. The molecule has 1 atom stereocenters. The van der Waals surface area contributed by atoms with Gasteiger partial charge in [-0.2, -0.15) is 0 Å². The zero-order valence-corrected chi connectivity index (χ0v) is 11.0. The summed E-state index contributed by atoms with van der Waals surface area (Å²) in [5.74, 6) is -3.44. The standard InChI is InChI=1S/C11H19NO6/c1-7(2)5-8(6-12(15)16)9(10(13)17-3)11(14)18-4/h7-9H,5-6H2,1-4H3. The number of rotatable bonds is 7. The van der Waals surface area contributed by atoms with Gasteiger partial charge in [-0.05, 0) is 12.3 Å². The van der Waals surface area contributed by atoms with Gasteiger partial charge in [-0.15, -0.1) is 0 Å². The molecule has 0 rings (SSSR count). The molecule has 0 saturated heterocycles. The minimum atomic E-state index is -1.24. The zero-order valence-electron chi connectivity index (χ0n) is 11.0. The molecule has 104 valence electrons. The second kappa shape index (κ2) is 7.62. The summed E-state index contributed by atoms with van der Waals surface area (Å²) in [5.41, 5.74) is 0. The van der Waals surface area contributed by atoms with Crippen LogP contribution in [0, 0.1) is 27.9 Å². The lowest BCUT2D eigenvalue weighted by Gasteiger charge is -2.21. The van der Waals surface area contributed by atoms with Crippen molar-refractivity contribution in [2.24, 2.45) is 17.8 Å². The maximum absolute atomic E-state index is 11.6. The Hall–Kier alpha value is -1.66. The van der Waals surface area contributed by atoms with E-state index < -0.39 is 35.2 Å². The predicted molar refractivity (Wildman–Crippen MR) is 62.3 cm³/mol. The number of nitro groups is 1. The first-order chi connectivity index (χ1) is 8.33. The molecule has 7 nitrogen and oxygen atoms in total. The maximum Gasteiger partial charge on any atom is 0.320 e. The van der Waals surface area contributed by atoms with Crippen LogP contribution in [0.3, 0.4) is 0 Å². The van der Waals surface area contributed by atoms with E-state index in [2.05, 4.69) is 9.47 Å². The molecule has 0 spiro atoms. The average molecular weight is 261 g/mol. The molecule has 0 amide bonds. The summed E-state index contributed by atoms with van der Waals surface area (Å²) in [7, 11) is 2.27. The van der Waals surface area contributed by atoms with Gasteiger partial charge in [0.15, 0.2) is 5.92 Å². The van der Waals surface area contributed by atoms with Crippen LogP contribution in [-0.4, -0.2) is 37.6 Å². The van der Waals surface area contributed by atoms with Crippen molar-refractivity contribution in [1.82, 2.24) is 0 Å². The highest BCUT2D eigenvalue weighted by Gasteiger charge is 2.39. The highest BCUT2D eigenvalue weighted by Crippen LogP contribution is 2.23. The highest BCUT2D eigenvalue weighted by molar-refractivity contribution is 5.95. The lowest BCUT2D eigenvalue weighted by molar-refractivity contribution is -0.489. The Morgan fingerprint density at radius 1 is 1.17 bits per heavy atom. The Labute approximate surface area is 106 Å². The van der Waals surface area contributed by atoms with Crippen LogP contribution in [0.25, 0.3) is 0 Å². The molecule has 0 radical (unpaired) electrons. The Kier molecular flexibility index (Phi) is 6.92. The number of carbonyl (C=O) groups excluding carboxylic acids is 2. The quantitative estimate of drug-likeness (QED) is 0.292. The first-order valence-electron chi connectivity index (χ1n) is 5.60. The number of nitrogens with zero attached hydrogens (tertiary/aromatic N) is 1. The number of ether oxygens (including phenoxy) is 2. The van der Waals surface area contributed by atoms with E-state index in [1.54, 1.807) is 0 Å². The van der Waals surface area contributed by atoms with Crippen LogP contribution in [0.1, 0.15) is 20.3 Å². The fraction of sp³-hybridized carbons (Fsp3) is 0.818. The third-order valence-electron chi connectivity index (χ3n) is 2.54. The molecule has 0 aliphatic heterocycles. The van der Waals surface area contributed by atoms with Crippen molar-refractivity contribution in [2.75, 3.05) is 20.8 Å². The van der Waals surface area contributed by atoms with Gasteiger partial charge >= 0.3 is 11.9 Å². The summed E-state index contributed by atoms with van der Waals surface area (Å²) < 4.78 is 9.03. The van der Waals surface area contributed by atoms with Crippen LogP contribution in [0.15, 0.2) is 0 Å². The van der Waals surface area contributed by atoms with E-state index in [1.165, 1.54) is 0 Å². The SMILES string of the molecule is COC(=O)C(C(=O)OC)C(CC(C)C)C[N+](=O)[O-]. The minimum absolute atomic E-state index is 0.117. The smallest absolute Gasteiger partial charge is 0.320 e. The van der Waals surface area contributed by atoms with Crippen molar-refractivity contribution in [1.29, 1.82) is 0 Å². The summed E-state index contributed by atoms with van der Waals surface area (Å²) >= 11 is 0. The number of esters is 2. The molecule has 0 heterocycles. The van der Waals surface area contributed by atoms with Crippen LogP contribution in [-0.2, 0) is 19.1 Å². The van der Waals surface area contributed by atoms with E-state index >= 15 is 0 Å². The van der Waals surface area contributed by atoms with Gasteiger partial charge in [0.2, 0.25) is 6.54 Å². The highest BCUT2D eigenvalue weighted by atomic mass is 16.6. The van der Waals surface area contributed by atoms with Crippen LogP contribution in [0.2, 0.25) is 0 Å². The van der Waals surface area contributed by atoms with Gasteiger partial charge in [0.25, 0.3) is 0 Å². The average Bonchev–Trinajstić information content (AvgIpc) is 2.26. The Morgan fingerprint density at radius 2 is 1.61 bits per heavy atom. The number of hydrogen-bond donors (Lipinski definition) is 0. The molecular formula is C11H19NO6. The van der Waals surface area contributed by atoms with Crippen molar-refractivity contribution in [3.05, 3.63) is 10.1 Å². The topological polar surface area (TPSA) is 95.7 Å². The molecular weight excluding hydrogens is 242 g/mol. The largest absolute Gasteiger partial charge is 0.468 e. The third-order valence-corrected chi connectivity index (χ3v) is 2.54. The molecule has 0 fully saturated rings. The second-order valence-corrected chi connectivity index (χ2v) is 4.43. The Morgan fingerprint density at radius 3 is 1.89 bits per heavy atom. The second-order valence-electron chi connectivity index (χ2n) is 4.43. The first-order valence-corrected chi connectivity index (χ1v) is 5.60. The molecule has 0 N–H and O–H groups in total. The number of carbonyl (C=O) groups is 2. The summed E-state index contributed by atoms with van der Waals surface area (Å²) in [5, 5.41) is 10.6. The van der Waals surface area contributed by atoms with Crippen LogP contribution < -0.4 is 0 Å². The Balaban J connectivity index is 5.11. The molecule has 0 saturated carbocycles. The van der Waals surface area contributed by atoms with Gasteiger partial charge in [0.1, 0.15) is 0 Å². The monoisotopic (exact) mass is 261 g/mol. The summed E-state index contributed by atoms with van der Waals surface area (Å²) in [6.45, 7) is 3.25. The summed E-state index contributed by atoms with van der Waals surface area (Å²) in [6.07, 6.45) is 0.371. The van der Waals surface area contributed by atoms with E-state index in [0.29, 0.717) is 6.42 Å². The fourth-order valence-corrected chi connectivity index (χ4v) is 1.85. The van der Waals surface area contributed by atoms with Crippen molar-refractivity contribution >= 4 is 11.9 Å². The molecule has 0 aliphatic rings.